The molecule has 0 saturated carbocycles. The average Bonchev–Trinajstić information content (AvgIpc) is 3.31. The summed E-state index contributed by atoms with van der Waals surface area (Å²) in [4.78, 5) is 11.0. The van der Waals surface area contributed by atoms with Gasteiger partial charge in [0.2, 0.25) is 5.65 Å². The van der Waals surface area contributed by atoms with Crippen LogP contribution in [0.25, 0.3) is 5.65 Å². The Kier molecular flexibility index (Phi) is 6.24. The standard InChI is InChI=1S/C22H27ClFN5O3/c1-22(2,3)32-20-19-25-11-16(18(30)17-14(23)8-5-9-15(17)24)29(19)27-21(26-20)31-12-13-7-6-10-28(13)4/h5,8-9,11,13,18,30H,6-7,10,12H2,1-4H3/t13-,18?/m0/s1. The maximum atomic E-state index is 14.4. The van der Waals surface area contributed by atoms with E-state index in [-0.39, 0.29) is 39.9 Å². The first-order valence-corrected chi connectivity index (χ1v) is 10.9. The van der Waals surface area contributed by atoms with Gasteiger partial charge in [-0.25, -0.2) is 13.9 Å². The zero-order valence-electron chi connectivity index (χ0n) is 18.5. The number of aliphatic hydroxyl groups excluding tert-OH is 1. The molecule has 4 rings (SSSR count). The number of hydrogen-bond donors (Lipinski definition) is 1. The minimum Gasteiger partial charge on any atom is -0.469 e. The van der Waals surface area contributed by atoms with Gasteiger partial charge in [0.25, 0.3) is 5.88 Å². The van der Waals surface area contributed by atoms with Crippen LogP contribution in [-0.4, -0.2) is 61.4 Å². The van der Waals surface area contributed by atoms with Crippen LogP contribution in [0.4, 0.5) is 4.39 Å². The molecule has 32 heavy (non-hydrogen) atoms. The lowest BCUT2D eigenvalue weighted by Gasteiger charge is -2.22. The number of aliphatic hydroxyl groups is 1. The van der Waals surface area contributed by atoms with Crippen LogP contribution in [-0.2, 0) is 0 Å². The Hall–Kier alpha value is -2.49. The van der Waals surface area contributed by atoms with Crippen molar-refractivity contribution in [2.24, 2.45) is 0 Å². The van der Waals surface area contributed by atoms with Crippen molar-refractivity contribution in [2.75, 3.05) is 20.2 Å². The first kappa shape index (κ1) is 22.7. The van der Waals surface area contributed by atoms with E-state index in [1.54, 1.807) is 0 Å². The van der Waals surface area contributed by atoms with Gasteiger partial charge in [-0.05, 0) is 59.3 Å². The van der Waals surface area contributed by atoms with Crippen molar-refractivity contribution in [3.63, 3.8) is 0 Å². The monoisotopic (exact) mass is 463 g/mol. The molecule has 172 valence electrons. The molecular formula is C22H27ClFN5O3. The van der Waals surface area contributed by atoms with E-state index in [4.69, 9.17) is 21.1 Å². The van der Waals surface area contributed by atoms with Crippen LogP contribution in [0.1, 0.15) is 51.0 Å². The third-order valence-electron chi connectivity index (χ3n) is 5.37. The van der Waals surface area contributed by atoms with Gasteiger partial charge in [-0.2, -0.15) is 4.98 Å². The molecule has 8 nitrogen and oxygen atoms in total. The maximum absolute atomic E-state index is 14.4. The van der Waals surface area contributed by atoms with Crippen LogP contribution < -0.4 is 9.47 Å². The van der Waals surface area contributed by atoms with Crippen LogP contribution in [0.2, 0.25) is 5.02 Å². The Balaban J connectivity index is 1.75. The van der Waals surface area contributed by atoms with Gasteiger partial charge in [0.05, 0.1) is 11.9 Å². The summed E-state index contributed by atoms with van der Waals surface area (Å²) in [6.45, 7) is 7.10. The lowest BCUT2D eigenvalue weighted by molar-refractivity contribution is 0.121. The maximum Gasteiger partial charge on any atom is 0.337 e. The molecule has 0 spiro atoms. The van der Waals surface area contributed by atoms with Crippen LogP contribution in [0.3, 0.4) is 0 Å². The summed E-state index contributed by atoms with van der Waals surface area (Å²) in [6.07, 6.45) is 2.15. The summed E-state index contributed by atoms with van der Waals surface area (Å²) in [5.74, 6) is -0.415. The molecule has 1 fully saturated rings. The molecule has 2 aromatic heterocycles. The quantitative estimate of drug-likeness (QED) is 0.597. The number of hydrogen-bond acceptors (Lipinski definition) is 7. The second-order valence-corrected chi connectivity index (χ2v) is 9.37. The zero-order valence-corrected chi connectivity index (χ0v) is 19.3. The van der Waals surface area contributed by atoms with Gasteiger partial charge in [-0.3, -0.25) is 0 Å². The molecule has 2 atom stereocenters. The number of likely N-dealkylation sites (N-methyl/N-ethyl adjacent to an activating group) is 1. The van der Waals surface area contributed by atoms with E-state index in [1.165, 1.54) is 28.9 Å². The van der Waals surface area contributed by atoms with Gasteiger partial charge >= 0.3 is 6.01 Å². The number of likely N-dealkylation sites (tertiary alicyclic amines) is 1. The summed E-state index contributed by atoms with van der Waals surface area (Å²) < 4.78 is 27.7. The highest BCUT2D eigenvalue weighted by molar-refractivity contribution is 6.31. The minimum absolute atomic E-state index is 0.0529. The summed E-state index contributed by atoms with van der Waals surface area (Å²) in [7, 11) is 2.06. The van der Waals surface area contributed by atoms with E-state index in [0.717, 1.165) is 19.4 Å². The predicted octanol–water partition coefficient (Wildman–Crippen LogP) is 3.65. The van der Waals surface area contributed by atoms with E-state index < -0.39 is 17.5 Å². The zero-order chi connectivity index (χ0) is 23.0. The third kappa shape index (κ3) is 4.65. The molecule has 0 aliphatic carbocycles. The Morgan fingerprint density at radius 1 is 1.34 bits per heavy atom. The Morgan fingerprint density at radius 3 is 2.78 bits per heavy atom. The molecule has 0 bridgehead atoms. The van der Waals surface area contributed by atoms with Crippen molar-refractivity contribution in [3.8, 4) is 11.9 Å². The molecule has 1 aliphatic heterocycles. The van der Waals surface area contributed by atoms with E-state index in [1.807, 2.05) is 20.8 Å². The lowest BCUT2D eigenvalue weighted by Crippen LogP contribution is -2.31. The summed E-state index contributed by atoms with van der Waals surface area (Å²) in [6, 6.07) is 4.59. The summed E-state index contributed by atoms with van der Waals surface area (Å²) in [5.41, 5.74) is -0.108. The highest BCUT2D eigenvalue weighted by Gasteiger charge is 2.27. The molecule has 3 aromatic rings. The van der Waals surface area contributed by atoms with E-state index in [2.05, 4.69) is 27.0 Å². The average molecular weight is 464 g/mol. The number of fused-ring (bicyclic) bond motifs is 1. The lowest BCUT2D eigenvalue weighted by atomic mass is 10.1. The normalized spacial score (nSPS) is 18.3. The van der Waals surface area contributed by atoms with Crippen LogP contribution >= 0.6 is 11.6 Å². The number of rotatable bonds is 6. The van der Waals surface area contributed by atoms with Crippen molar-refractivity contribution in [2.45, 2.75) is 51.4 Å². The van der Waals surface area contributed by atoms with E-state index in [0.29, 0.717) is 6.61 Å². The van der Waals surface area contributed by atoms with Crippen LogP contribution in [0, 0.1) is 5.82 Å². The van der Waals surface area contributed by atoms with Crippen molar-refractivity contribution < 1.29 is 19.0 Å². The second kappa shape index (κ2) is 8.80. The number of imidazole rings is 1. The minimum atomic E-state index is -1.40. The molecule has 1 saturated heterocycles. The molecule has 3 heterocycles. The molecule has 0 amide bonds. The largest absolute Gasteiger partial charge is 0.469 e. The fourth-order valence-electron chi connectivity index (χ4n) is 3.74. The van der Waals surface area contributed by atoms with Crippen LogP contribution in [0.15, 0.2) is 24.4 Å². The van der Waals surface area contributed by atoms with Gasteiger partial charge in [-0.1, -0.05) is 17.7 Å². The Labute approximate surface area is 190 Å². The van der Waals surface area contributed by atoms with Crippen molar-refractivity contribution in [1.29, 1.82) is 0 Å². The summed E-state index contributed by atoms with van der Waals surface area (Å²) >= 11 is 6.16. The van der Waals surface area contributed by atoms with Gasteiger partial charge in [0.1, 0.15) is 24.1 Å². The number of benzene rings is 1. The predicted molar refractivity (Wildman–Crippen MR) is 118 cm³/mol. The molecule has 1 N–H and O–H groups in total. The van der Waals surface area contributed by atoms with Gasteiger partial charge < -0.3 is 19.5 Å². The highest BCUT2D eigenvalue weighted by atomic mass is 35.5. The first-order chi connectivity index (χ1) is 15.1. The molecule has 1 aromatic carbocycles. The smallest absolute Gasteiger partial charge is 0.337 e. The van der Waals surface area contributed by atoms with Gasteiger partial charge in [-0.15, -0.1) is 5.10 Å². The van der Waals surface area contributed by atoms with Gasteiger partial charge in [0, 0.05) is 16.6 Å². The van der Waals surface area contributed by atoms with Gasteiger partial charge in [0.15, 0.2) is 0 Å². The van der Waals surface area contributed by atoms with Crippen molar-refractivity contribution >= 4 is 17.2 Å². The fourth-order valence-corrected chi connectivity index (χ4v) is 4.01. The molecule has 1 aliphatic rings. The highest BCUT2D eigenvalue weighted by Crippen LogP contribution is 2.32. The Bertz CT molecular complexity index is 1100. The van der Waals surface area contributed by atoms with E-state index >= 15 is 0 Å². The van der Waals surface area contributed by atoms with Crippen molar-refractivity contribution in [1.82, 2.24) is 24.5 Å². The third-order valence-corrected chi connectivity index (χ3v) is 5.70. The Morgan fingerprint density at radius 2 is 2.12 bits per heavy atom. The van der Waals surface area contributed by atoms with E-state index in [9.17, 15) is 9.50 Å². The van der Waals surface area contributed by atoms with Crippen molar-refractivity contribution in [3.05, 3.63) is 46.5 Å². The SMILES string of the molecule is CN1CCC[C@H]1COc1nc(OC(C)(C)C)c2ncc(C(O)c3c(F)cccc3Cl)n2n1. The number of halogens is 2. The molecule has 0 radical (unpaired) electrons. The first-order valence-electron chi connectivity index (χ1n) is 10.5. The fraction of sp³-hybridized carbons (Fsp3) is 0.500. The number of ether oxygens (including phenoxy) is 2. The van der Waals surface area contributed by atoms with Crippen LogP contribution in [0.5, 0.6) is 11.9 Å². The molecule has 10 heteroatoms. The molecular weight excluding hydrogens is 437 g/mol. The topological polar surface area (TPSA) is 85.0 Å². The number of nitrogens with zero attached hydrogens (tertiary/aromatic N) is 5. The number of aromatic nitrogens is 4. The second-order valence-electron chi connectivity index (χ2n) is 8.96. The summed E-state index contributed by atoms with van der Waals surface area (Å²) in [5, 5.41) is 15.5. The molecule has 1 unspecified atom stereocenters.